The lowest BCUT2D eigenvalue weighted by Crippen LogP contribution is -2.33. The summed E-state index contributed by atoms with van der Waals surface area (Å²) in [5.74, 6) is -1.75. The molecule has 0 amide bonds. The van der Waals surface area contributed by atoms with Gasteiger partial charge in [0.2, 0.25) is 0 Å². The van der Waals surface area contributed by atoms with Crippen molar-refractivity contribution in [2.24, 2.45) is 5.73 Å². The van der Waals surface area contributed by atoms with E-state index in [4.69, 9.17) is 15.2 Å². The van der Waals surface area contributed by atoms with Gasteiger partial charge in [-0.15, -0.1) is 0 Å². The van der Waals surface area contributed by atoms with Crippen LogP contribution < -0.4 is 10.5 Å². The van der Waals surface area contributed by atoms with Crippen LogP contribution in [-0.4, -0.2) is 36.2 Å². The van der Waals surface area contributed by atoms with Crippen LogP contribution in [-0.2, 0) is 19.1 Å². The van der Waals surface area contributed by atoms with Crippen molar-refractivity contribution in [3.05, 3.63) is 29.8 Å². The van der Waals surface area contributed by atoms with Crippen molar-refractivity contribution in [1.82, 2.24) is 0 Å². The molecule has 2 N–H and O–H groups in total. The molecule has 1 atom stereocenters. The monoisotopic (exact) mass is 337 g/mol. The number of hydrogen-bond donors (Lipinski definition) is 1. The van der Waals surface area contributed by atoms with Gasteiger partial charge in [-0.25, -0.2) is 4.79 Å². The first-order chi connectivity index (χ1) is 11.1. The molecule has 0 aromatic heterocycles. The Morgan fingerprint density at radius 1 is 1.12 bits per heavy atom. The van der Waals surface area contributed by atoms with E-state index >= 15 is 0 Å². The molecule has 0 aliphatic heterocycles. The molecule has 1 aromatic carbocycles. The Hall–Kier alpha value is -2.41. The normalized spacial score (nSPS) is 12.2. The number of hydrogen-bond acceptors (Lipinski definition) is 7. The van der Waals surface area contributed by atoms with Crippen LogP contribution >= 0.6 is 0 Å². The number of carbonyl (C=O) groups is 3. The van der Waals surface area contributed by atoms with Gasteiger partial charge in [-0.3, -0.25) is 15.3 Å². The average molecular weight is 337 g/mol. The smallest absolute Gasteiger partial charge is 0.379 e. The Kier molecular flexibility index (Phi) is 6.91. The van der Waals surface area contributed by atoms with E-state index in [1.807, 2.05) is 0 Å². The summed E-state index contributed by atoms with van der Waals surface area (Å²) in [6.45, 7) is 7.03. The van der Waals surface area contributed by atoms with E-state index in [9.17, 15) is 14.4 Å². The van der Waals surface area contributed by atoms with Gasteiger partial charge >= 0.3 is 11.9 Å². The van der Waals surface area contributed by atoms with Crippen molar-refractivity contribution in [2.75, 3.05) is 6.61 Å². The minimum Gasteiger partial charge on any atom is -0.475 e. The third-order valence-electron chi connectivity index (χ3n) is 2.65. The molecule has 24 heavy (non-hydrogen) atoms. The van der Waals surface area contributed by atoms with E-state index in [-0.39, 0.29) is 18.6 Å². The van der Waals surface area contributed by atoms with Crippen molar-refractivity contribution in [3.63, 3.8) is 0 Å². The number of ketones is 1. The molecule has 0 aliphatic carbocycles. The molecule has 0 saturated carbocycles. The fourth-order valence-corrected chi connectivity index (χ4v) is 1.76. The molecule has 0 bridgehead atoms. The van der Waals surface area contributed by atoms with Crippen LogP contribution in [0.2, 0.25) is 0 Å². The van der Waals surface area contributed by atoms with Crippen LogP contribution in [0, 0.1) is 0 Å². The summed E-state index contributed by atoms with van der Waals surface area (Å²) in [5, 5.41) is 0. The lowest BCUT2D eigenvalue weighted by molar-refractivity contribution is -0.156. The Morgan fingerprint density at radius 3 is 2.21 bits per heavy atom. The SMILES string of the molecule is CCOC(=O)C(=O)c1ccc(OC(N)CC(=O)OC(C)(C)C)cc1. The number of ether oxygens (including phenoxy) is 3. The molecule has 7 nitrogen and oxygen atoms in total. The lowest BCUT2D eigenvalue weighted by Gasteiger charge is -2.21. The van der Waals surface area contributed by atoms with E-state index in [1.165, 1.54) is 24.3 Å². The highest BCUT2D eigenvalue weighted by Crippen LogP contribution is 2.15. The van der Waals surface area contributed by atoms with Crippen LogP contribution in [0.25, 0.3) is 0 Å². The largest absolute Gasteiger partial charge is 0.475 e. The zero-order chi connectivity index (χ0) is 18.3. The van der Waals surface area contributed by atoms with Gasteiger partial charge in [0.15, 0.2) is 6.23 Å². The maximum atomic E-state index is 11.7. The summed E-state index contributed by atoms with van der Waals surface area (Å²) in [7, 11) is 0. The predicted octanol–water partition coefficient (Wildman–Crippen LogP) is 1.83. The number of benzene rings is 1. The number of rotatable bonds is 7. The van der Waals surface area contributed by atoms with E-state index in [2.05, 4.69) is 4.74 Å². The predicted molar refractivity (Wildman–Crippen MR) is 86.5 cm³/mol. The fourth-order valence-electron chi connectivity index (χ4n) is 1.76. The van der Waals surface area contributed by atoms with Crippen LogP contribution in [0.15, 0.2) is 24.3 Å². The zero-order valence-corrected chi connectivity index (χ0v) is 14.3. The third kappa shape index (κ3) is 6.78. The van der Waals surface area contributed by atoms with Crippen LogP contribution in [0.1, 0.15) is 44.5 Å². The van der Waals surface area contributed by atoms with Crippen molar-refractivity contribution < 1.29 is 28.6 Å². The fraction of sp³-hybridized carbons (Fsp3) is 0.471. The molecule has 1 unspecified atom stereocenters. The Balaban J connectivity index is 2.59. The molecule has 7 heteroatoms. The quantitative estimate of drug-likeness (QED) is 0.350. The van der Waals surface area contributed by atoms with Gasteiger partial charge in [-0.2, -0.15) is 0 Å². The molecule has 1 aromatic rings. The van der Waals surface area contributed by atoms with E-state index < -0.39 is 29.6 Å². The molecule has 132 valence electrons. The maximum absolute atomic E-state index is 11.7. The van der Waals surface area contributed by atoms with Crippen molar-refractivity contribution in [3.8, 4) is 5.75 Å². The van der Waals surface area contributed by atoms with Gasteiger partial charge in [0.1, 0.15) is 11.4 Å². The zero-order valence-electron chi connectivity index (χ0n) is 14.3. The number of nitrogens with two attached hydrogens (primary N) is 1. The Morgan fingerprint density at radius 2 is 1.71 bits per heavy atom. The summed E-state index contributed by atoms with van der Waals surface area (Å²) in [6.07, 6.45) is -0.993. The third-order valence-corrected chi connectivity index (χ3v) is 2.65. The van der Waals surface area contributed by atoms with E-state index in [1.54, 1.807) is 27.7 Å². The number of esters is 2. The summed E-state index contributed by atoms with van der Waals surface area (Å²) >= 11 is 0. The molecule has 0 radical (unpaired) electrons. The topological polar surface area (TPSA) is 105 Å². The highest BCUT2D eigenvalue weighted by Gasteiger charge is 2.20. The number of carbonyl (C=O) groups excluding carboxylic acids is 3. The van der Waals surface area contributed by atoms with Crippen molar-refractivity contribution >= 4 is 17.7 Å². The minimum absolute atomic E-state index is 0.110. The molecular formula is C17H23NO6. The second-order valence-electron chi connectivity index (χ2n) is 6.02. The summed E-state index contributed by atoms with van der Waals surface area (Å²) in [5.41, 5.74) is 5.34. The number of Topliss-reactive ketones (excluding diaryl/α,β-unsaturated/α-hetero) is 1. The Labute approximate surface area is 141 Å². The molecule has 0 heterocycles. The summed E-state index contributed by atoms with van der Waals surface area (Å²) < 4.78 is 15.2. The van der Waals surface area contributed by atoms with Gasteiger partial charge < -0.3 is 14.2 Å². The molecule has 1 rings (SSSR count). The second kappa shape index (κ2) is 8.44. The maximum Gasteiger partial charge on any atom is 0.379 e. The molecule has 0 saturated heterocycles. The molecular weight excluding hydrogens is 314 g/mol. The molecule has 0 aliphatic rings. The first kappa shape index (κ1) is 19.6. The van der Waals surface area contributed by atoms with Crippen LogP contribution in [0.5, 0.6) is 5.75 Å². The average Bonchev–Trinajstić information content (AvgIpc) is 2.45. The van der Waals surface area contributed by atoms with Gasteiger partial charge in [0.25, 0.3) is 5.78 Å². The van der Waals surface area contributed by atoms with Crippen molar-refractivity contribution in [1.29, 1.82) is 0 Å². The van der Waals surface area contributed by atoms with Gasteiger partial charge in [-0.1, -0.05) is 0 Å². The highest BCUT2D eigenvalue weighted by molar-refractivity contribution is 6.40. The van der Waals surface area contributed by atoms with Crippen LogP contribution in [0.3, 0.4) is 0 Å². The van der Waals surface area contributed by atoms with E-state index in [0.717, 1.165) is 0 Å². The van der Waals surface area contributed by atoms with Gasteiger partial charge in [-0.05, 0) is 52.0 Å². The standard InChI is InChI=1S/C17H23NO6/c1-5-22-16(21)15(20)11-6-8-12(9-7-11)23-13(18)10-14(19)24-17(2,3)4/h6-9,13H,5,10,18H2,1-4H3. The lowest BCUT2D eigenvalue weighted by atomic mass is 10.1. The first-order valence-electron chi connectivity index (χ1n) is 7.58. The second-order valence-corrected chi connectivity index (χ2v) is 6.02. The van der Waals surface area contributed by atoms with Gasteiger partial charge in [0, 0.05) is 5.56 Å². The summed E-state index contributed by atoms with van der Waals surface area (Å²) in [4.78, 5) is 34.8. The summed E-state index contributed by atoms with van der Waals surface area (Å²) in [6, 6.07) is 5.83. The molecule has 0 fully saturated rings. The molecule has 0 spiro atoms. The van der Waals surface area contributed by atoms with Crippen molar-refractivity contribution in [2.45, 2.75) is 45.9 Å². The van der Waals surface area contributed by atoms with Gasteiger partial charge in [0.05, 0.1) is 13.0 Å². The van der Waals surface area contributed by atoms with E-state index in [0.29, 0.717) is 5.75 Å². The minimum atomic E-state index is -0.909. The van der Waals surface area contributed by atoms with Crippen LogP contribution in [0.4, 0.5) is 0 Å². The Bertz CT molecular complexity index is 588. The first-order valence-corrected chi connectivity index (χ1v) is 7.58. The highest BCUT2D eigenvalue weighted by atomic mass is 16.6.